The molecular formula is C12H13BrN4. The van der Waals surface area contributed by atoms with E-state index < -0.39 is 0 Å². The number of hydrogen-bond acceptors (Lipinski definition) is 3. The molecule has 1 aromatic heterocycles. The lowest BCUT2D eigenvalue weighted by Gasteiger charge is -2.06. The van der Waals surface area contributed by atoms with E-state index in [4.69, 9.17) is 5.73 Å². The van der Waals surface area contributed by atoms with E-state index in [-0.39, 0.29) is 0 Å². The molecule has 1 saturated carbocycles. The van der Waals surface area contributed by atoms with Crippen molar-refractivity contribution in [2.45, 2.75) is 25.3 Å². The van der Waals surface area contributed by atoms with Crippen molar-refractivity contribution in [3.8, 4) is 5.69 Å². The Morgan fingerprint density at radius 2 is 2.24 bits per heavy atom. The van der Waals surface area contributed by atoms with Crippen LogP contribution in [-0.2, 0) is 6.54 Å². The highest BCUT2D eigenvalue weighted by molar-refractivity contribution is 9.10. The number of hydrogen-bond donors (Lipinski definition) is 1. The fraction of sp³-hybridized carbons (Fsp3) is 0.333. The maximum absolute atomic E-state index is 5.71. The Kier molecular flexibility index (Phi) is 2.72. The van der Waals surface area contributed by atoms with Gasteiger partial charge in [0, 0.05) is 16.9 Å². The van der Waals surface area contributed by atoms with Gasteiger partial charge in [0.15, 0.2) is 0 Å². The average Bonchev–Trinajstić information content (AvgIpc) is 3.08. The van der Waals surface area contributed by atoms with Crippen molar-refractivity contribution >= 4 is 15.9 Å². The molecule has 0 saturated heterocycles. The molecule has 88 valence electrons. The standard InChI is InChI=1S/C12H13BrN4/c13-9-2-1-3-10(6-9)17-12(8-4-5-8)11(7-14)15-16-17/h1-3,6,8H,4-5,7,14H2. The molecule has 0 aliphatic heterocycles. The van der Waals surface area contributed by atoms with Crippen molar-refractivity contribution in [3.05, 3.63) is 40.1 Å². The van der Waals surface area contributed by atoms with Gasteiger partial charge in [-0.1, -0.05) is 27.2 Å². The van der Waals surface area contributed by atoms with Gasteiger partial charge in [0.25, 0.3) is 0 Å². The minimum Gasteiger partial charge on any atom is -0.325 e. The maximum Gasteiger partial charge on any atom is 0.100 e. The second-order valence-corrected chi connectivity index (χ2v) is 5.21. The Labute approximate surface area is 108 Å². The Morgan fingerprint density at radius 1 is 1.41 bits per heavy atom. The molecule has 1 aliphatic rings. The number of aromatic nitrogens is 3. The summed E-state index contributed by atoms with van der Waals surface area (Å²) in [5.74, 6) is 0.586. The van der Waals surface area contributed by atoms with E-state index in [1.807, 2.05) is 28.9 Å². The predicted molar refractivity (Wildman–Crippen MR) is 68.9 cm³/mol. The molecule has 2 N–H and O–H groups in total. The topological polar surface area (TPSA) is 56.7 Å². The summed E-state index contributed by atoms with van der Waals surface area (Å²) in [4.78, 5) is 0. The molecule has 1 fully saturated rings. The van der Waals surface area contributed by atoms with Gasteiger partial charge in [-0.25, -0.2) is 4.68 Å². The largest absolute Gasteiger partial charge is 0.325 e. The number of benzene rings is 1. The molecule has 0 atom stereocenters. The molecule has 0 unspecified atom stereocenters. The number of nitrogens with zero attached hydrogens (tertiary/aromatic N) is 3. The molecule has 1 aromatic carbocycles. The summed E-state index contributed by atoms with van der Waals surface area (Å²) in [6, 6.07) is 8.08. The number of rotatable bonds is 3. The molecule has 1 heterocycles. The Morgan fingerprint density at radius 3 is 2.88 bits per heavy atom. The highest BCUT2D eigenvalue weighted by Crippen LogP contribution is 2.41. The quantitative estimate of drug-likeness (QED) is 0.945. The van der Waals surface area contributed by atoms with Gasteiger partial charge in [0.2, 0.25) is 0 Å². The van der Waals surface area contributed by atoms with E-state index in [1.54, 1.807) is 0 Å². The zero-order chi connectivity index (χ0) is 11.8. The van der Waals surface area contributed by atoms with Crippen LogP contribution in [0.25, 0.3) is 5.69 Å². The summed E-state index contributed by atoms with van der Waals surface area (Å²) in [5, 5.41) is 8.40. The Balaban J connectivity index is 2.11. The van der Waals surface area contributed by atoms with Crippen LogP contribution in [-0.4, -0.2) is 15.0 Å². The molecule has 0 radical (unpaired) electrons. The monoisotopic (exact) mass is 292 g/mol. The predicted octanol–water partition coefficient (Wildman–Crippen LogP) is 2.37. The molecular weight excluding hydrogens is 280 g/mol. The maximum atomic E-state index is 5.71. The number of halogens is 1. The van der Waals surface area contributed by atoms with Crippen molar-refractivity contribution in [2.24, 2.45) is 5.73 Å². The molecule has 0 amide bonds. The fourth-order valence-electron chi connectivity index (χ4n) is 2.03. The first-order valence-electron chi connectivity index (χ1n) is 5.70. The zero-order valence-electron chi connectivity index (χ0n) is 9.31. The minimum atomic E-state index is 0.458. The van der Waals surface area contributed by atoms with E-state index >= 15 is 0 Å². The fourth-order valence-corrected chi connectivity index (χ4v) is 2.42. The SMILES string of the molecule is NCc1nnn(-c2cccc(Br)c2)c1C1CC1. The van der Waals surface area contributed by atoms with Crippen molar-refractivity contribution in [1.82, 2.24) is 15.0 Å². The van der Waals surface area contributed by atoms with Crippen LogP contribution in [0.2, 0.25) is 0 Å². The van der Waals surface area contributed by atoms with E-state index in [0.717, 1.165) is 15.9 Å². The third kappa shape index (κ3) is 2.00. The lowest BCUT2D eigenvalue weighted by molar-refractivity contribution is 0.763. The summed E-state index contributed by atoms with van der Waals surface area (Å²) in [5.41, 5.74) is 8.86. The first-order valence-corrected chi connectivity index (χ1v) is 6.49. The molecule has 5 heteroatoms. The van der Waals surface area contributed by atoms with Gasteiger partial charge in [0.1, 0.15) is 5.69 Å². The lowest BCUT2D eigenvalue weighted by atomic mass is 10.2. The second-order valence-electron chi connectivity index (χ2n) is 4.29. The number of nitrogens with two attached hydrogens (primary N) is 1. The summed E-state index contributed by atoms with van der Waals surface area (Å²) < 4.78 is 2.96. The van der Waals surface area contributed by atoms with Crippen LogP contribution in [0.3, 0.4) is 0 Å². The molecule has 2 aromatic rings. The van der Waals surface area contributed by atoms with Gasteiger partial charge < -0.3 is 5.73 Å². The third-order valence-corrected chi connectivity index (χ3v) is 3.48. The first-order chi connectivity index (χ1) is 8.29. The van der Waals surface area contributed by atoms with E-state index in [2.05, 4.69) is 26.2 Å². The molecule has 0 bridgehead atoms. The van der Waals surface area contributed by atoms with Gasteiger partial charge in [-0.05, 0) is 31.0 Å². The summed E-state index contributed by atoms with van der Waals surface area (Å²) in [7, 11) is 0. The summed E-state index contributed by atoms with van der Waals surface area (Å²) in [6.07, 6.45) is 2.43. The van der Waals surface area contributed by atoms with Gasteiger partial charge >= 0.3 is 0 Å². The smallest absolute Gasteiger partial charge is 0.100 e. The molecule has 0 spiro atoms. The third-order valence-electron chi connectivity index (χ3n) is 2.99. The van der Waals surface area contributed by atoms with Crippen LogP contribution in [0.4, 0.5) is 0 Å². The normalized spacial score (nSPS) is 15.2. The van der Waals surface area contributed by atoms with Gasteiger partial charge in [-0.2, -0.15) is 0 Å². The zero-order valence-corrected chi connectivity index (χ0v) is 10.9. The molecule has 3 rings (SSSR count). The van der Waals surface area contributed by atoms with E-state index in [9.17, 15) is 0 Å². The van der Waals surface area contributed by atoms with E-state index in [1.165, 1.54) is 18.5 Å². The van der Waals surface area contributed by atoms with Gasteiger partial charge in [0.05, 0.1) is 11.4 Å². The summed E-state index contributed by atoms with van der Waals surface area (Å²) in [6.45, 7) is 0.458. The van der Waals surface area contributed by atoms with Crippen LogP contribution in [0, 0.1) is 0 Å². The van der Waals surface area contributed by atoms with Crippen LogP contribution in [0.15, 0.2) is 28.7 Å². The Hall–Kier alpha value is -1.20. The van der Waals surface area contributed by atoms with Crippen LogP contribution < -0.4 is 5.73 Å². The van der Waals surface area contributed by atoms with Gasteiger partial charge in [-0.15, -0.1) is 5.10 Å². The first kappa shape index (κ1) is 10.9. The molecule has 1 aliphatic carbocycles. The Bertz CT molecular complexity index is 545. The average molecular weight is 293 g/mol. The van der Waals surface area contributed by atoms with Crippen molar-refractivity contribution in [2.75, 3.05) is 0 Å². The van der Waals surface area contributed by atoms with Crippen molar-refractivity contribution < 1.29 is 0 Å². The van der Waals surface area contributed by atoms with Gasteiger partial charge in [-0.3, -0.25) is 0 Å². The van der Waals surface area contributed by atoms with Crippen LogP contribution in [0.5, 0.6) is 0 Å². The van der Waals surface area contributed by atoms with Crippen molar-refractivity contribution in [3.63, 3.8) is 0 Å². The van der Waals surface area contributed by atoms with Crippen LogP contribution in [0.1, 0.15) is 30.1 Å². The van der Waals surface area contributed by atoms with Crippen molar-refractivity contribution in [1.29, 1.82) is 0 Å². The summed E-state index contributed by atoms with van der Waals surface area (Å²) >= 11 is 3.47. The van der Waals surface area contributed by atoms with E-state index in [0.29, 0.717) is 12.5 Å². The van der Waals surface area contributed by atoms with Crippen LogP contribution >= 0.6 is 15.9 Å². The highest BCUT2D eigenvalue weighted by atomic mass is 79.9. The lowest BCUT2D eigenvalue weighted by Crippen LogP contribution is -2.05. The minimum absolute atomic E-state index is 0.458. The second kappa shape index (κ2) is 4.23. The molecule has 4 nitrogen and oxygen atoms in total. The molecule has 17 heavy (non-hydrogen) atoms. The highest BCUT2D eigenvalue weighted by Gasteiger charge is 2.31.